The van der Waals surface area contributed by atoms with Crippen LogP contribution in [0.5, 0.6) is 5.75 Å². The average molecular weight is 268 g/mol. The fraction of sp³-hybridized carbons (Fsp3) is 0.188. The van der Waals surface area contributed by atoms with Gasteiger partial charge in [0.25, 0.3) is 5.91 Å². The minimum Gasteiger partial charge on any atom is -0.481 e. The van der Waals surface area contributed by atoms with Gasteiger partial charge in [-0.1, -0.05) is 5.92 Å². The predicted molar refractivity (Wildman–Crippen MR) is 77.5 cm³/mol. The maximum absolute atomic E-state index is 11.9. The van der Waals surface area contributed by atoms with Crippen molar-refractivity contribution in [2.75, 3.05) is 13.2 Å². The molecule has 0 bridgehead atoms. The van der Waals surface area contributed by atoms with Crippen LogP contribution < -0.4 is 10.1 Å². The number of aromatic nitrogens is 1. The van der Waals surface area contributed by atoms with E-state index >= 15 is 0 Å². The van der Waals surface area contributed by atoms with Crippen LogP contribution in [0.1, 0.15) is 10.4 Å². The molecule has 0 spiro atoms. The monoisotopic (exact) mass is 268 g/mol. The molecule has 0 radical (unpaired) electrons. The molecule has 2 aromatic rings. The van der Waals surface area contributed by atoms with Gasteiger partial charge in [-0.2, -0.15) is 0 Å². The lowest BCUT2D eigenvalue weighted by Gasteiger charge is -2.07. The molecule has 20 heavy (non-hydrogen) atoms. The summed E-state index contributed by atoms with van der Waals surface area (Å²) in [6.07, 6.45) is 9.03. The number of hydrogen-bond donors (Lipinski definition) is 1. The topological polar surface area (TPSA) is 43.3 Å². The van der Waals surface area contributed by atoms with Crippen LogP contribution >= 0.6 is 0 Å². The molecule has 0 aliphatic heterocycles. The predicted octanol–water partition coefficient (Wildman–Crippen LogP) is 1.93. The third-order valence-corrected chi connectivity index (χ3v) is 2.76. The Morgan fingerprint density at radius 2 is 1.95 bits per heavy atom. The molecule has 1 heterocycles. The van der Waals surface area contributed by atoms with Crippen molar-refractivity contribution in [2.45, 2.75) is 6.54 Å². The van der Waals surface area contributed by atoms with E-state index in [-0.39, 0.29) is 12.5 Å². The second-order valence-electron chi connectivity index (χ2n) is 4.19. The van der Waals surface area contributed by atoms with E-state index in [4.69, 9.17) is 11.2 Å². The minimum atomic E-state index is -0.0966. The van der Waals surface area contributed by atoms with Crippen LogP contribution in [-0.4, -0.2) is 23.6 Å². The zero-order chi connectivity index (χ0) is 14.2. The van der Waals surface area contributed by atoms with Gasteiger partial charge in [-0.25, -0.2) is 0 Å². The molecule has 0 atom stereocenters. The average Bonchev–Trinajstić information content (AvgIpc) is 2.99. The van der Waals surface area contributed by atoms with E-state index in [1.54, 1.807) is 24.3 Å². The Labute approximate surface area is 118 Å². The Hall–Kier alpha value is -2.67. The number of carbonyl (C=O) groups is 1. The second-order valence-corrected chi connectivity index (χ2v) is 4.19. The third-order valence-electron chi connectivity index (χ3n) is 2.76. The van der Waals surface area contributed by atoms with Crippen LogP contribution in [0.15, 0.2) is 48.8 Å². The number of hydrogen-bond acceptors (Lipinski definition) is 2. The number of benzene rings is 1. The van der Waals surface area contributed by atoms with Crippen LogP contribution in [0.3, 0.4) is 0 Å². The normalized spacial score (nSPS) is 9.75. The zero-order valence-corrected chi connectivity index (χ0v) is 11.1. The van der Waals surface area contributed by atoms with Crippen molar-refractivity contribution in [1.82, 2.24) is 9.88 Å². The van der Waals surface area contributed by atoms with Gasteiger partial charge in [0, 0.05) is 31.0 Å². The standard InChI is InChI=1S/C16H16N2O2/c1-2-13-20-15-7-5-14(6-8-15)16(19)17-9-12-18-10-3-4-11-18/h1,3-8,10-11H,9,12-13H2,(H,17,19). The smallest absolute Gasteiger partial charge is 0.251 e. The third kappa shape index (κ3) is 3.92. The lowest BCUT2D eigenvalue weighted by molar-refractivity contribution is 0.0952. The molecule has 2 rings (SSSR count). The minimum absolute atomic E-state index is 0.0966. The first-order chi connectivity index (χ1) is 9.79. The van der Waals surface area contributed by atoms with E-state index < -0.39 is 0 Å². The first kappa shape index (κ1) is 13.8. The molecule has 4 nitrogen and oxygen atoms in total. The van der Waals surface area contributed by atoms with E-state index in [0.29, 0.717) is 17.9 Å². The lowest BCUT2D eigenvalue weighted by atomic mass is 10.2. The number of ether oxygens (including phenoxy) is 1. The highest BCUT2D eigenvalue weighted by atomic mass is 16.5. The first-order valence-corrected chi connectivity index (χ1v) is 6.35. The molecule has 0 aliphatic rings. The Bertz CT molecular complexity index is 580. The van der Waals surface area contributed by atoms with Crippen LogP contribution in [0.2, 0.25) is 0 Å². The van der Waals surface area contributed by atoms with E-state index in [9.17, 15) is 4.79 Å². The molecule has 1 aromatic heterocycles. The highest BCUT2D eigenvalue weighted by molar-refractivity contribution is 5.94. The van der Waals surface area contributed by atoms with Crippen molar-refractivity contribution >= 4 is 5.91 Å². The summed E-state index contributed by atoms with van der Waals surface area (Å²) in [7, 11) is 0. The Kier molecular flexibility index (Phi) is 4.85. The number of nitrogens with zero attached hydrogens (tertiary/aromatic N) is 1. The number of amides is 1. The molecule has 0 saturated carbocycles. The molecular formula is C16H16N2O2. The molecule has 1 aromatic carbocycles. The molecule has 0 aliphatic carbocycles. The van der Waals surface area contributed by atoms with Gasteiger partial charge in [-0.3, -0.25) is 4.79 Å². The van der Waals surface area contributed by atoms with E-state index in [1.807, 2.05) is 29.1 Å². The number of terminal acetylenes is 1. The van der Waals surface area contributed by atoms with Gasteiger partial charge in [0.2, 0.25) is 0 Å². The molecule has 4 heteroatoms. The summed E-state index contributed by atoms with van der Waals surface area (Å²) >= 11 is 0. The van der Waals surface area contributed by atoms with Crippen molar-refractivity contribution in [2.24, 2.45) is 0 Å². The molecule has 0 fully saturated rings. The van der Waals surface area contributed by atoms with Crippen LogP contribution in [0, 0.1) is 12.3 Å². The number of rotatable bonds is 6. The van der Waals surface area contributed by atoms with Gasteiger partial charge in [-0.15, -0.1) is 6.42 Å². The van der Waals surface area contributed by atoms with Crippen LogP contribution in [-0.2, 0) is 6.54 Å². The Morgan fingerprint density at radius 3 is 2.60 bits per heavy atom. The number of nitrogens with one attached hydrogen (secondary N) is 1. The zero-order valence-electron chi connectivity index (χ0n) is 11.1. The quantitative estimate of drug-likeness (QED) is 0.814. The Balaban J connectivity index is 1.81. The van der Waals surface area contributed by atoms with Gasteiger partial charge >= 0.3 is 0 Å². The van der Waals surface area contributed by atoms with Gasteiger partial charge in [-0.05, 0) is 36.4 Å². The fourth-order valence-electron chi connectivity index (χ4n) is 1.75. The largest absolute Gasteiger partial charge is 0.481 e. The van der Waals surface area contributed by atoms with Gasteiger partial charge in [0.1, 0.15) is 12.4 Å². The van der Waals surface area contributed by atoms with Crippen molar-refractivity contribution in [3.63, 3.8) is 0 Å². The van der Waals surface area contributed by atoms with Crippen LogP contribution in [0.4, 0.5) is 0 Å². The molecule has 1 amide bonds. The fourth-order valence-corrected chi connectivity index (χ4v) is 1.75. The maximum Gasteiger partial charge on any atom is 0.251 e. The summed E-state index contributed by atoms with van der Waals surface area (Å²) in [4.78, 5) is 11.9. The SMILES string of the molecule is C#CCOc1ccc(C(=O)NCCn2cccc2)cc1. The van der Waals surface area contributed by atoms with Crippen LogP contribution in [0.25, 0.3) is 0 Å². The van der Waals surface area contributed by atoms with Crippen molar-refractivity contribution in [3.05, 3.63) is 54.4 Å². The molecule has 0 unspecified atom stereocenters. The van der Waals surface area contributed by atoms with E-state index in [1.165, 1.54) is 0 Å². The summed E-state index contributed by atoms with van der Waals surface area (Å²) in [6.45, 7) is 1.56. The molecule has 1 N–H and O–H groups in total. The molecule has 0 saturated heterocycles. The van der Waals surface area contributed by atoms with Gasteiger partial charge in [0.05, 0.1) is 0 Å². The van der Waals surface area contributed by atoms with Crippen molar-refractivity contribution < 1.29 is 9.53 Å². The summed E-state index contributed by atoms with van der Waals surface area (Å²) < 4.78 is 7.26. The van der Waals surface area contributed by atoms with Gasteiger partial charge in [0.15, 0.2) is 0 Å². The summed E-state index contributed by atoms with van der Waals surface area (Å²) in [5.41, 5.74) is 0.602. The van der Waals surface area contributed by atoms with E-state index in [2.05, 4.69) is 11.2 Å². The first-order valence-electron chi connectivity index (χ1n) is 6.35. The lowest BCUT2D eigenvalue weighted by Crippen LogP contribution is -2.26. The molecular weight excluding hydrogens is 252 g/mol. The highest BCUT2D eigenvalue weighted by Crippen LogP contribution is 2.11. The van der Waals surface area contributed by atoms with Crippen molar-refractivity contribution in [1.29, 1.82) is 0 Å². The van der Waals surface area contributed by atoms with Gasteiger partial charge < -0.3 is 14.6 Å². The maximum atomic E-state index is 11.9. The summed E-state index contributed by atoms with van der Waals surface area (Å²) in [5, 5.41) is 2.87. The number of carbonyl (C=O) groups excluding carboxylic acids is 1. The molecule has 102 valence electrons. The summed E-state index contributed by atoms with van der Waals surface area (Å²) in [6, 6.07) is 10.8. The highest BCUT2D eigenvalue weighted by Gasteiger charge is 2.04. The van der Waals surface area contributed by atoms with E-state index in [0.717, 1.165) is 6.54 Å². The Morgan fingerprint density at radius 1 is 1.25 bits per heavy atom. The van der Waals surface area contributed by atoms with Crippen molar-refractivity contribution in [3.8, 4) is 18.1 Å². The second kappa shape index (κ2) is 7.05. The summed E-state index contributed by atoms with van der Waals surface area (Å²) in [5.74, 6) is 2.95.